The summed E-state index contributed by atoms with van der Waals surface area (Å²) < 4.78 is 18.9. The van der Waals surface area contributed by atoms with Gasteiger partial charge in [-0.1, -0.05) is 0 Å². The molecule has 0 radical (unpaired) electrons. The summed E-state index contributed by atoms with van der Waals surface area (Å²) in [6.45, 7) is 0.949. The van der Waals surface area contributed by atoms with E-state index >= 15 is 0 Å². The molecule has 2 aromatic carbocycles. The van der Waals surface area contributed by atoms with Gasteiger partial charge in [-0.15, -0.1) is 0 Å². The van der Waals surface area contributed by atoms with Crippen LogP contribution in [0.1, 0.15) is 27.0 Å². The van der Waals surface area contributed by atoms with E-state index in [2.05, 4.69) is 20.9 Å². The summed E-state index contributed by atoms with van der Waals surface area (Å²) in [5.41, 5.74) is 4.31. The molecule has 2 heterocycles. The van der Waals surface area contributed by atoms with Crippen molar-refractivity contribution in [3.05, 3.63) is 70.7 Å². The Hall–Kier alpha value is -1.55. The molecule has 7 heteroatoms. The first-order chi connectivity index (χ1) is 12.6. The van der Waals surface area contributed by atoms with Gasteiger partial charge in [0, 0.05) is 0 Å². The fourth-order valence-corrected chi connectivity index (χ4v) is 4.71. The first kappa shape index (κ1) is 17.8. The molecule has 0 unspecified atom stereocenters. The van der Waals surface area contributed by atoms with Crippen molar-refractivity contribution < 1.29 is 11.9 Å². The third-order valence-corrected chi connectivity index (χ3v) is 6.09. The predicted octanol–water partition coefficient (Wildman–Crippen LogP) is 3.89. The SMILES string of the molecule is O=C1c2c(cc3c(CBr)ccnc3c2[O][Tl])CN1Cc1ccc(F)cc1. The molecule has 0 spiro atoms. The molecule has 128 valence electrons. The van der Waals surface area contributed by atoms with Crippen molar-refractivity contribution in [1.29, 1.82) is 0 Å². The van der Waals surface area contributed by atoms with E-state index in [0.29, 0.717) is 29.7 Å². The van der Waals surface area contributed by atoms with E-state index in [4.69, 9.17) is 2.69 Å². The monoisotopic (exact) mass is 604 g/mol. The van der Waals surface area contributed by atoms with Crippen LogP contribution in [0.4, 0.5) is 4.39 Å². The summed E-state index contributed by atoms with van der Waals surface area (Å²) in [6, 6.07) is 10.3. The number of fused-ring (bicyclic) bond motifs is 2. The summed E-state index contributed by atoms with van der Waals surface area (Å²) in [6.07, 6.45) is 1.74. The molecule has 1 aliphatic heterocycles. The van der Waals surface area contributed by atoms with Crippen molar-refractivity contribution in [1.82, 2.24) is 9.88 Å². The van der Waals surface area contributed by atoms with Crippen LogP contribution in [-0.2, 0) is 18.4 Å². The number of nitrogens with zero attached hydrogens (tertiary/aromatic N) is 2. The van der Waals surface area contributed by atoms with E-state index < -0.39 is 0 Å². The number of hydrogen-bond donors (Lipinski definition) is 0. The Labute approximate surface area is 174 Å². The van der Waals surface area contributed by atoms with Gasteiger partial charge < -0.3 is 0 Å². The Morgan fingerprint density at radius 2 is 2.04 bits per heavy atom. The van der Waals surface area contributed by atoms with Gasteiger partial charge in [-0.3, -0.25) is 0 Å². The average molecular weight is 605 g/mol. The number of halogens is 2. The van der Waals surface area contributed by atoms with Crippen LogP contribution in [0.2, 0.25) is 0 Å². The van der Waals surface area contributed by atoms with Crippen molar-refractivity contribution in [3.63, 3.8) is 0 Å². The predicted molar refractivity (Wildman–Crippen MR) is 101 cm³/mol. The standard InChI is InChI=1S/C19H14BrFN2O2.Tl/c20-8-12-5-6-22-17-15(12)7-13-10-23(19(25)16(13)18(17)24)9-11-1-3-14(21)4-2-11;/h1-7,24H,8-10H2;/q;+1/p-1. The summed E-state index contributed by atoms with van der Waals surface area (Å²) in [5, 5.41) is 1.72. The molecule has 1 aromatic heterocycles. The molecular formula is C19H13BrFN2O2Tl. The molecule has 0 atom stereocenters. The van der Waals surface area contributed by atoms with Crippen LogP contribution < -0.4 is 2.69 Å². The normalized spacial score (nSPS) is 13.3. The molecule has 26 heavy (non-hydrogen) atoms. The minimum absolute atomic E-state index is 0.0621. The summed E-state index contributed by atoms with van der Waals surface area (Å²) in [5.74, 6) is 0.252. The van der Waals surface area contributed by atoms with Gasteiger partial charge >= 0.3 is 176 Å². The molecule has 1 amide bonds. The zero-order valence-electron chi connectivity index (χ0n) is 13.7. The second-order valence-electron chi connectivity index (χ2n) is 6.15. The molecule has 0 fully saturated rings. The number of carbonyl (C=O) groups excluding carboxylic acids is 1. The summed E-state index contributed by atoms with van der Waals surface area (Å²) in [4.78, 5) is 19.2. The van der Waals surface area contributed by atoms with Crippen molar-refractivity contribution in [3.8, 4) is 5.75 Å². The molecule has 0 saturated carbocycles. The van der Waals surface area contributed by atoms with E-state index in [0.717, 1.165) is 27.6 Å². The number of benzene rings is 2. The number of hydrogen-bond acceptors (Lipinski definition) is 3. The molecule has 4 nitrogen and oxygen atoms in total. The molecule has 3 aromatic rings. The van der Waals surface area contributed by atoms with E-state index in [9.17, 15) is 9.18 Å². The molecule has 0 aliphatic carbocycles. The van der Waals surface area contributed by atoms with E-state index in [1.54, 1.807) is 23.2 Å². The van der Waals surface area contributed by atoms with Crippen LogP contribution in [0.5, 0.6) is 5.75 Å². The van der Waals surface area contributed by atoms with Crippen LogP contribution in [0, 0.1) is 5.82 Å². The Morgan fingerprint density at radius 3 is 2.73 bits per heavy atom. The first-order valence-corrected chi connectivity index (χ1v) is 11.0. The Kier molecular flexibility index (Phi) is 4.96. The minimum atomic E-state index is -0.281. The van der Waals surface area contributed by atoms with E-state index in [1.807, 2.05) is 12.1 Å². The number of rotatable bonds is 4. The number of alkyl halides is 1. The second-order valence-corrected chi connectivity index (χ2v) is 7.62. The van der Waals surface area contributed by atoms with Gasteiger partial charge in [0.15, 0.2) is 0 Å². The number of aromatic nitrogens is 1. The van der Waals surface area contributed by atoms with Crippen LogP contribution in [-0.4, -0.2) is 42.0 Å². The van der Waals surface area contributed by atoms with Crippen molar-refractivity contribution in [2.45, 2.75) is 18.4 Å². The van der Waals surface area contributed by atoms with Gasteiger partial charge in [-0.25, -0.2) is 0 Å². The fourth-order valence-electron chi connectivity index (χ4n) is 3.33. The van der Waals surface area contributed by atoms with Gasteiger partial charge in [-0.2, -0.15) is 0 Å². The van der Waals surface area contributed by atoms with Crippen molar-refractivity contribution >= 4 is 59.0 Å². The Balaban J connectivity index is 1.77. The number of amides is 1. The molecule has 0 N–H and O–H groups in total. The maximum absolute atomic E-state index is 13.1. The molecule has 1 aliphatic rings. The van der Waals surface area contributed by atoms with E-state index in [1.165, 1.54) is 12.1 Å². The van der Waals surface area contributed by atoms with Crippen LogP contribution in [0.3, 0.4) is 0 Å². The first-order valence-electron chi connectivity index (χ1n) is 8.02. The summed E-state index contributed by atoms with van der Waals surface area (Å²) in [7, 11) is 0. The van der Waals surface area contributed by atoms with Gasteiger partial charge in [-0.05, 0) is 0 Å². The van der Waals surface area contributed by atoms with Gasteiger partial charge in [0.05, 0.1) is 0 Å². The average Bonchev–Trinajstić information content (AvgIpc) is 2.96. The Bertz CT molecular complexity index is 1010. The second kappa shape index (κ2) is 7.22. The number of pyridine rings is 1. The maximum atomic E-state index is 13.1. The Morgan fingerprint density at radius 1 is 1.27 bits per heavy atom. The van der Waals surface area contributed by atoms with Gasteiger partial charge in [0.2, 0.25) is 0 Å². The third kappa shape index (κ3) is 3.02. The zero-order valence-corrected chi connectivity index (χ0v) is 19.8. The van der Waals surface area contributed by atoms with Crippen LogP contribution in [0.15, 0.2) is 42.6 Å². The third-order valence-electron chi connectivity index (χ3n) is 4.57. The molecule has 0 bridgehead atoms. The van der Waals surface area contributed by atoms with Gasteiger partial charge in [0.1, 0.15) is 0 Å². The topological polar surface area (TPSA) is 42.4 Å². The summed E-state index contributed by atoms with van der Waals surface area (Å²) >= 11 is 3.77. The van der Waals surface area contributed by atoms with Crippen molar-refractivity contribution in [2.75, 3.05) is 0 Å². The zero-order chi connectivity index (χ0) is 18.3. The molecule has 0 saturated heterocycles. The van der Waals surface area contributed by atoms with Crippen LogP contribution in [0.25, 0.3) is 10.9 Å². The molecular weight excluding hydrogens is 592 g/mol. The van der Waals surface area contributed by atoms with E-state index in [-0.39, 0.29) is 37.9 Å². The van der Waals surface area contributed by atoms with Crippen LogP contribution >= 0.6 is 15.9 Å². The van der Waals surface area contributed by atoms with Gasteiger partial charge in [0.25, 0.3) is 0 Å². The number of carbonyl (C=O) groups is 1. The van der Waals surface area contributed by atoms with Crippen molar-refractivity contribution in [2.24, 2.45) is 0 Å². The molecule has 4 rings (SSSR count). The fraction of sp³-hybridized carbons (Fsp3) is 0.158. The quantitative estimate of drug-likeness (QED) is 0.336.